The Morgan fingerprint density at radius 2 is 1.40 bits per heavy atom. The second kappa shape index (κ2) is 6.69. The summed E-state index contributed by atoms with van der Waals surface area (Å²) in [6.07, 6.45) is 4.35. The lowest BCUT2D eigenvalue weighted by Crippen LogP contribution is -2.38. The molecule has 0 aromatic heterocycles. The van der Waals surface area contributed by atoms with Crippen LogP contribution in [0.15, 0.2) is 0 Å². The van der Waals surface area contributed by atoms with Crippen LogP contribution in [0.25, 0.3) is 0 Å². The quantitative estimate of drug-likeness (QED) is 0.620. The summed E-state index contributed by atoms with van der Waals surface area (Å²) in [5, 5.41) is 0. The summed E-state index contributed by atoms with van der Waals surface area (Å²) in [6.45, 7) is 11.4. The fourth-order valence-corrected chi connectivity index (χ4v) is 6.21. The van der Waals surface area contributed by atoms with Gasteiger partial charge in [-0.2, -0.15) is 0 Å². The number of rotatable bonds is 6. The van der Waals surface area contributed by atoms with Gasteiger partial charge in [0.25, 0.3) is 0 Å². The Morgan fingerprint density at radius 1 is 0.867 bits per heavy atom. The van der Waals surface area contributed by atoms with Crippen LogP contribution in [0.3, 0.4) is 0 Å². The van der Waals surface area contributed by atoms with E-state index >= 15 is 0 Å². The normalized spacial score (nSPS) is 19.4. The molecule has 0 saturated carbocycles. The molecule has 0 bridgehead atoms. The molecule has 0 amide bonds. The van der Waals surface area contributed by atoms with Crippen molar-refractivity contribution in [2.75, 3.05) is 19.6 Å². The Balaban J connectivity index is 2.31. The molecule has 0 atom stereocenters. The van der Waals surface area contributed by atoms with Crippen molar-refractivity contribution >= 4 is 8.07 Å². The van der Waals surface area contributed by atoms with Crippen LogP contribution in [-0.2, 0) is 0 Å². The summed E-state index contributed by atoms with van der Waals surface area (Å²) >= 11 is 0. The van der Waals surface area contributed by atoms with E-state index in [1.54, 1.807) is 6.04 Å². The first-order valence-electron chi connectivity index (χ1n) is 6.98. The second-order valence-electron chi connectivity index (χ2n) is 5.21. The first kappa shape index (κ1) is 13.2. The summed E-state index contributed by atoms with van der Waals surface area (Å²) in [6, 6.07) is 6.03. The van der Waals surface area contributed by atoms with Crippen LogP contribution in [0.4, 0.5) is 0 Å². The van der Waals surface area contributed by atoms with Gasteiger partial charge >= 0.3 is 0 Å². The van der Waals surface area contributed by atoms with Crippen molar-refractivity contribution in [1.29, 1.82) is 0 Å². The van der Waals surface area contributed by atoms with Crippen LogP contribution in [-0.4, -0.2) is 32.6 Å². The molecule has 0 radical (unpaired) electrons. The Labute approximate surface area is 97.3 Å². The van der Waals surface area contributed by atoms with Gasteiger partial charge < -0.3 is 4.90 Å². The standard InChI is InChI=1S/C13H29NSi/c1-4-15(5-2,6-3)13-12-14-10-8-7-9-11-14/h4-13H2,1-3H3. The van der Waals surface area contributed by atoms with Gasteiger partial charge in [0, 0.05) is 0 Å². The fraction of sp³-hybridized carbons (Fsp3) is 1.00. The molecular weight excluding hydrogens is 198 g/mol. The highest BCUT2D eigenvalue weighted by Crippen LogP contribution is 2.25. The first-order valence-corrected chi connectivity index (χ1v) is 9.81. The smallest absolute Gasteiger partial charge is 0.0540 e. The molecule has 0 aliphatic carbocycles. The summed E-state index contributed by atoms with van der Waals surface area (Å²) in [4.78, 5) is 2.71. The molecule has 0 aromatic carbocycles. The van der Waals surface area contributed by atoms with E-state index in [1.165, 1.54) is 57.0 Å². The molecule has 15 heavy (non-hydrogen) atoms. The van der Waals surface area contributed by atoms with Crippen molar-refractivity contribution in [1.82, 2.24) is 4.90 Å². The van der Waals surface area contributed by atoms with Gasteiger partial charge in [-0.3, -0.25) is 0 Å². The Kier molecular flexibility index (Phi) is 5.91. The van der Waals surface area contributed by atoms with Gasteiger partial charge in [0.1, 0.15) is 0 Å². The molecule has 90 valence electrons. The Bertz CT molecular complexity index is 152. The maximum absolute atomic E-state index is 2.71. The SMILES string of the molecule is CC[Si](CC)(CC)CCN1CCCCC1. The third-order valence-electron chi connectivity index (χ3n) is 4.66. The zero-order chi connectivity index (χ0) is 11.1. The topological polar surface area (TPSA) is 3.24 Å². The number of likely N-dealkylation sites (tertiary alicyclic amines) is 1. The van der Waals surface area contributed by atoms with Crippen molar-refractivity contribution in [3.05, 3.63) is 0 Å². The van der Waals surface area contributed by atoms with Gasteiger partial charge in [0.05, 0.1) is 8.07 Å². The van der Waals surface area contributed by atoms with Crippen molar-refractivity contribution < 1.29 is 0 Å². The molecule has 1 nitrogen and oxygen atoms in total. The van der Waals surface area contributed by atoms with Crippen LogP contribution in [0.5, 0.6) is 0 Å². The number of nitrogens with zero attached hydrogens (tertiary/aromatic N) is 1. The first-order chi connectivity index (χ1) is 7.26. The molecule has 0 aromatic rings. The van der Waals surface area contributed by atoms with Gasteiger partial charge in [-0.05, 0) is 38.5 Å². The lowest BCUT2D eigenvalue weighted by atomic mass is 10.1. The summed E-state index contributed by atoms with van der Waals surface area (Å²) in [5.41, 5.74) is 0. The monoisotopic (exact) mass is 227 g/mol. The summed E-state index contributed by atoms with van der Waals surface area (Å²) in [5.74, 6) is 0. The minimum atomic E-state index is -0.843. The van der Waals surface area contributed by atoms with E-state index in [0.29, 0.717) is 0 Å². The molecule has 0 N–H and O–H groups in total. The lowest BCUT2D eigenvalue weighted by molar-refractivity contribution is 0.239. The minimum Gasteiger partial charge on any atom is -0.304 e. The van der Waals surface area contributed by atoms with Crippen LogP contribution < -0.4 is 0 Å². The van der Waals surface area contributed by atoms with Crippen LogP contribution in [0.2, 0.25) is 24.2 Å². The Hall–Kier alpha value is 0.177. The molecule has 1 heterocycles. The predicted molar refractivity (Wildman–Crippen MR) is 72.3 cm³/mol. The van der Waals surface area contributed by atoms with E-state index in [2.05, 4.69) is 25.7 Å². The summed E-state index contributed by atoms with van der Waals surface area (Å²) < 4.78 is 0. The molecule has 1 aliphatic heterocycles. The molecule has 1 aliphatic rings. The lowest BCUT2D eigenvalue weighted by Gasteiger charge is -2.33. The van der Waals surface area contributed by atoms with Crippen LogP contribution >= 0.6 is 0 Å². The maximum atomic E-state index is 2.71. The predicted octanol–water partition coefficient (Wildman–Crippen LogP) is 3.98. The van der Waals surface area contributed by atoms with E-state index in [9.17, 15) is 0 Å². The van der Waals surface area contributed by atoms with Crippen molar-refractivity contribution in [2.45, 2.75) is 64.2 Å². The van der Waals surface area contributed by atoms with Crippen molar-refractivity contribution in [3.8, 4) is 0 Å². The van der Waals surface area contributed by atoms with Gasteiger partial charge in [0.2, 0.25) is 0 Å². The van der Waals surface area contributed by atoms with Gasteiger partial charge in [-0.25, -0.2) is 0 Å². The van der Waals surface area contributed by atoms with Crippen molar-refractivity contribution in [2.24, 2.45) is 0 Å². The Morgan fingerprint density at radius 3 is 1.87 bits per heavy atom. The molecule has 1 rings (SSSR count). The molecule has 2 heteroatoms. The molecule has 1 fully saturated rings. The molecular formula is C13H29NSi. The zero-order valence-corrected chi connectivity index (χ0v) is 12.0. The van der Waals surface area contributed by atoms with Gasteiger partial charge in [0.15, 0.2) is 0 Å². The summed E-state index contributed by atoms with van der Waals surface area (Å²) in [7, 11) is -0.843. The highest BCUT2D eigenvalue weighted by atomic mass is 28.3. The maximum Gasteiger partial charge on any atom is 0.0540 e. The number of hydrogen-bond acceptors (Lipinski definition) is 1. The molecule has 1 saturated heterocycles. The van der Waals surface area contributed by atoms with E-state index < -0.39 is 8.07 Å². The van der Waals surface area contributed by atoms with Crippen LogP contribution in [0, 0.1) is 0 Å². The van der Waals surface area contributed by atoms with E-state index in [4.69, 9.17) is 0 Å². The zero-order valence-electron chi connectivity index (χ0n) is 11.0. The number of hydrogen-bond donors (Lipinski definition) is 0. The highest BCUT2D eigenvalue weighted by molar-refractivity contribution is 6.79. The van der Waals surface area contributed by atoms with Crippen molar-refractivity contribution in [3.63, 3.8) is 0 Å². The van der Waals surface area contributed by atoms with Gasteiger partial charge in [-0.1, -0.05) is 45.3 Å². The number of piperidine rings is 1. The highest BCUT2D eigenvalue weighted by Gasteiger charge is 2.27. The fourth-order valence-electron chi connectivity index (χ4n) is 2.86. The average molecular weight is 227 g/mol. The van der Waals surface area contributed by atoms with E-state index in [0.717, 1.165) is 0 Å². The average Bonchev–Trinajstić information content (AvgIpc) is 2.33. The molecule has 0 spiro atoms. The molecule has 0 unspecified atom stereocenters. The van der Waals surface area contributed by atoms with E-state index in [1.807, 2.05) is 0 Å². The minimum absolute atomic E-state index is 0.843. The third-order valence-corrected chi connectivity index (χ3v) is 10.4. The van der Waals surface area contributed by atoms with E-state index in [-0.39, 0.29) is 0 Å². The third kappa shape index (κ3) is 3.91. The van der Waals surface area contributed by atoms with Gasteiger partial charge in [-0.15, -0.1) is 0 Å². The second-order valence-corrected chi connectivity index (χ2v) is 10.8. The van der Waals surface area contributed by atoms with Crippen LogP contribution in [0.1, 0.15) is 40.0 Å². The largest absolute Gasteiger partial charge is 0.304 e.